The summed E-state index contributed by atoms with van der Waals surface area (Å²) in [5.74, 6) is 1.39. The largest absolute Gasteiger partial charge is 0.368 e. The number of aromatic nitrogens is 2. The zero-order valence-corrected chi connectivity index (χ0v) is 12.7. The van der Waals surface area contributed by atoms with E-state index in [4.69, 9.17) is 0 Å². The normalized spacial score (nSPS) is 10.0. The smallest absolute Gasteiger partial charge is 0.316 e. The van der Waals surface area contributed by atoms with Crippen molar-refractivity contribution in [1.29, 1.82) is 0 Å². The summed E-state index contributed by atoms with van der Waals surface area (Å²) in [6.45, 7) is 6.02. The molecule has 0 unspecified atom stereocenters. The van der Waals surface area contributed by atoms with E-state index < -0.39 is 0 Å². The third kappa shape index (κ3) is 5.73. The van der Waals surface area contributed by atoms with Crippen molar-refractivity contribution < 1.29 is 4.79 Å². The van der Waals surface area contributed by atoms with Crippen molar-refractivity contribution in [3.05, 3.63) is 11.8 Å². The maximum atomic E-state index is 11.3. The van der Waals surface area contributed by atoms with Gasteiger partial charge >= 0.3 is 6.03 Å². The number of hydrogen-bond acceptors (Lipinski definition) is 5. The first-order valence-electron chi connectivity index (χ1n) is 6.81. The van der Waals surface area contributed by atoms with Gasteiger partial charge in [-0.25, -0.2) is 9.78 Å². The van der Waals surface area contributed by atoms with E-state index in [1.54, 1.807) is 14.1 Å². The van der Waals surface area contributed by atoms with Crippen LogP contribution in [0.5, 0.6) is 0 Å². The van der Waals surface area contributed by atoms with Crippen LogP contribution in [0.4, 0.5) is 16.6 Å². The van der Waals surface area contributed by atoms with E-state index in [1.807, 2.05) is 13.0 Å². The Morgan fingerprint density at radius 1 is 1.20 bits per heavy atom. The van der Waals surface area contributed by atoms with Crippen molar-refractivity contribution in [1.82, 2.24) is 20.2 Å². The fourth-order valence-corrected chi connectivity index (χ4v) is 1.49. The van der Waals surface area contributed by atoms with Crippen LogP contribution in [0.2, 0.25) is 0 Å². The van der Waals surface area contributed by atoms with Gasteiger partial charge in [-0.3, -0.25) is 0 Å². The van der Waals surface area contributed by atoms with Crippen molar-refractivity contribution in [3.63, 3.8) is 0 Å². The highest BCUT2D eigenvalue weighted by molar-refractivity contribution is 5.73. The zero-order chi connectivity index (χ0) is 15.0. The molecule has 0 spiro atoms. The minimum Gasteiger partial charge on any atom is -0.368 e. The van der Waals surface area contributed by atoms with Gasteiger partial charge in [0, 0.05) is 45.5 Å². The summed E-state index contributed by atoms with van der Waals surface area (Å²) in [5, 5.41) is 9.11. The Morgan fingerprint density at radius 3 is 2.60 bits per heavy atom. The molecular weight excluding hydrogens is 256 g/mol. The molecule has 0 saturated heterocycles. The summed E-state index contributed by atoms with van der Waals surface area (Å²) in [7, 11) is 3.42. The molecule has 20 heavy (non-hydrogen) atoms. The van der Waals surface area contributed by atoms with Crippen LogP contribution in [-0.2, 0) is 0 Å². The lowest BCUT2D eigenvalue weighted by molar-refractivity contribution is 0.218. The molecule has 0 saturated carbocycles. The van der Waals surface area contributed by atoms with E-state index in [0.717, 1.165) is 24.5 Å². The van der Waals surface area contributed by atoms with Crippen LogP contribution in [0.1, 0.15) is 19.0 Å². The molecule has 0 radical (unpaired) electrons. The summed E-state index contributed by atoms with van der Waals surface area (Å²) in [4.78, 5) is 21.5. The van der Waals surface area contributed by atoms with E-state index in [9.17, 15) is 4.79 Å². The van der Waals surface area contributed by atoms with Crippen molar-refractivity contribution >= 4 is 17.8 Å². The molecule has 0 fully saturated rings. The molecule has 2 amide bonds. The predicted octanol–water partition coefficient (Wildman–Crippen LogP) is 1.29. The molecule has 0 atom stereocenters. The number of urea groups is 1. The lowest BCUT2D eigenvalue weighted by Gasteiger charge is -2.13. The highest BCUT2D eigenvalue weighted by atomic mass is 16.2. The summed E-state index contributed by atoms with van der Waals surface area (Å²) >= 11 is 0. The Bertz CT molecular complexity index is 435. The SMILES string of the molecule is CCCNc1nc(C)cc(NCCNC(=O)N(C)C)n1. The molecule has 1 aromatic rings. The van der Waals surface area contributed by atoms with Crippen LogP contribution >= 0.6 is 0 Å². The molecule has 3 N–H and O–H groups in total. The van der Waals surface area contributed by atoms with Crippen molar-refractivity contribution in [3.8, 4) is 0 Å². The van der Waals surface area contributed by atoms with Gasteiger partial charge in [0.1, 0.15) is 5.82 Å². The first-order chi connectivity index (χ1) is 9.52. The summed E-state index contributed by atoms with van der Waals surface area (Å²) in [5.41, 5.74) is 0.901. The van der Waals surface area contributed by atoms with Crippen LogP contribution in [0, 0.1) is 6.92 Å². The third-order valence-corrected chi connectivity index (χ3v) is 2.50. The predicted molar refractivity (Wildman–Crippen MR) is 81.1 cm³/mol. The first-order valence-corrected chi connectivity index (χ1v) is 6.81. The number of nitrogens with one attached hydrogen (secondary N) is 3. The molecule has 0 aliphatic carbocycles. The third-order valence-electron chi connectivity index (χ3n) is 2.50. The summed E-state index contributed by atoms with van der Waals surface area (Å²) in [6, 6.07) is 1.78. The summed E-state index contributed by atoms with van der Waals surface area (Å²) < 4.78 is 0. The van der Waals surface area contributed by atoms with Gasteiger partial charge in [-0.2, -0.15) is 4.98 Å². The van der Waals surface area contributed by atoms with Crippen LogP contribution in [0.25, 0.3) is 0 Å². The first kappa shape index (κ1) is 16.0. The van der Waals surface area contributed by atoms with Gasteiger partial charge in [-0.05, 0) is 13.3 Å². The van der Waals surface area contributed by atoms with Gasteiger partial charge in [0.2, 0.25) is 5.95 Å². The number of carbonyl (C=O) groups excluding carboxylic acids is 1. The average Bonchev–Trinajstić information content (AvgIpc) is 2.40. The molecule has 7 heteroatoms. The number of rotatable bonds is 7. The molecule has 7 nitrogen and oxygen atoms in total. The van der Waals surface area contributed by atoms with Gasteiger partial charge in [-0.1, -0.05) is 6.92 Å². The van der Waals surface area contributed by atoms with Crippen LogP contribution in [-0.4, -0.2) is 54.6 Å². The van der Waals surface area contributed by atoms with Crippen molar-refractivity contribution in [2.45, 2.75) is 20.3 Å². The van der Waals surface area contributed by atoms with Crippen molar-refractivity contribution in [2.75, 3.05) is 44.4 Å². The van der Waals surface area contributed by atoms with E-state index in [2.05, 4.69) is 32.8 Å². The van der Waals surface area contributed by atoms with Crippen molar-refractivity contribution in [2.24, 2.45) is 0 Å². The van der Waals surface area contributed by atoms with E-state index in [0.29, 0.717) is 19.0 Å². The average molecular weight is 280 g/mol. The van der Waals surface area contributed by atoms with Crippen LogP contribution < -0.4 is 16.0 Å². The molecule has 0 aliphatic rings. The molecule has 112 valence electrons. The van der Waals surface area contributed by atoms with E-state index >= 15 is 0 Å². The number of anilines is 2. The maximum Gasteiger partial charge on any atom is 0.316 e. The molecule has 0 bridgehead atoms. The highest BCUT2D eigenvalue weighted by Crippen LogP contribution is 2.09. The molecule has 0 aromatic carbocycles. The quantitative estimate of drug-likeness (QED) is 0.656. The second kappa shape index (κ2) is 8.19. The Hall–Kier alpha value is -2.05. The minimum atomic E-state index is -0.101. The van der Waals surface area contributed by atoms with E-state index in [-0.39, 0.29) is 6.03 Å². The zero-order valence-electron chi connectivity index (χ0n) is 12.7. The van der Waals surface area contributed by atoms with Gasteiger partial charge in [0.05, 0.1) is 0 Å². The Labute approximate surface area is 120 Å². The monoisotopic (exact) mass is 280 g/mol. The van der Waals surface area contributed by atoms with Gasteiger partial charge in [-0.15, -0.1) is 0 Å². The lowest BCUT2D eigenvalue weighted by Crippen LogP contribution is -2.37. The molecule has 1 rings (SSSR count). The van der Waals surface area contributed by atoms with Gasteiger partial charge in [0.15, 0.2) is 0 Å². The van der Waals surface area contributed by atoms with Crippen LogP contribution in [0.15, 0.2) is 6.07 Å². The lowest BCUT2D eigenvalue weighted by atomic mass is 10.4. The number of amides is 2. The maximum absolute atomic E-state index is 11.3. The fraction of sp³-hybridized carbons (Fsp3) is 0.615. The Kier molecular flexibility index (Phi) is 6.55. The fourth-order valence-electron chi connectivity index (χ4n) is 1.49. The standard InChI is InChI=1S/C13H24N6O/c1-5-6-15-12-17-10(2)9-11(18-12)14-7-8-16-13(20)19(3)4/h9H,5-8H2,1-4H3,(H,16,20)(H2,14,15,17,18). The van der Waals surface area contributed by atoms with Gasteiger partial charge < -0.3 is 20.9 Å². The Morgan fingerprint density at radius 2 is 1.95 bits per heavy atom. The number of hydrogen-bond donors (Lipinski definition) is 3. The molecule has 1 aromatic heterocycles. The highest BCUT2D eigenvalue weighted by Gasteiger charge is 2.03. The molecule has 0 aliphatic heterocycles. The second-order valence-corrected chi connectivity index (χ2v) is 4.70. The van der Waals surface area contributed by atoms with E-state index in [1.165, 1.54) is 4.90 Å². The van der Waals surface area contributed by atoms with Crippen LogP contribution in [0.3, 0.4) is 0 Å². The summed E-state index contributed by atoms with van der Waals surface area (Å²) in [6.07, 6.45) is 1.02. The topological polar surface area (TPSA) is 82.2 Å². The second-order valence-electron chi connectivity index (χ2n) is 4.70. The molecule has 1 heterocycles. The number of nitrogens with zero attached hydrogens (tertiary/aromatic N) is 3. The number of carbonyl (C=O) groups is 1. The van der Waals surface area contributed by atoms with Gasteiger partial charge in [0.25, 0.3) is 0 Å². The molecular formula is C13H24N6O. The number of aryl methyl sites for hydroxylation is 1. The Balaban J connectivity index is 2.43. The minimum absolute atomic E-state index is 0.101.